The van der Waals surface area contributed by atoms with Gasteiger partial charge in [-0.15, -0.1) is 0 Å². The minimum Gasteiger partial charge on any atom is -0.462 e. The maximum absolute atomic E-state index is 12.3. The maximum atomic E-state index is 12.3. The third-order valence-electron chi connectivity index (χ3n) is 4.13. The van der Waals surface area contributed by atoms with Crippen LogP contribution in [0.3, 0.4) is 0 Å². The fourth-order valence-electron chi connectivity index (χ4n) is 2.67. The molecule has 6 heteroatoms. The molecule has 28 heavy (non-hydrogen) atoms. The predicted octanol–water partition coefficient (Wildman–Crippen LogP) is 4.84. The molecule has 0 saturated heterocycles. The lowest BCUT2D eigenvalue weighted by Gasteiger charge is -2.15. The lowest BCUT2D eigenvalue weighted by atomic mass is 10.1. The molecule has 0 aliphatic heterocycles. The Morgan fingerprint density at radius 2 is 1.61 bits per heavy atom. The third kappa shape index (κ3) is 10.1. The fourth-order valence-corrected chi connectivity index (χ4v) is 2.67. The van der Waals surface area contributed by atoms with Crippen molar-refractivity contribution in [3.63, 3.8) is 0 Å². The van der Waals surface area contributed by atoms with Gasteiger partial charge in [0.2, 0.25) is 0 Å². The number of rotatable bonds is 13. The summed E-state index contributed by atoms with van der Waals surface area (Å²) in [4.78, 5) is 35.2. The summed E-state index contributed by atoms with van der Waals surface area (Å²) in [5.41, 5.74) is 0.152. The van der Waals surface area contributed by atoms with Crippen molar-refractivity contribution >= 4 is 17.9 Å². The molecule has 1 aromatic carbocycles. The lowest BCUT2D eigenvalue weighted by Crippen LogP contribution is -2.23. The van der Waals surface area contributed by atoms with Crippen molar-refractivity contribution in [1.82, 2.24) is 0 Å². The van der Waals surface area contributed by atoms with E-state index in [0.717, 1.165) is 19.3 Å². The molecule has 0 bridgehead atoms. The van der Waals surface area contributed by atoms with E-state index in [2.05, 4.69) is 6.92 Å². The number of unbranched alkanes of at least 4 members (excludes halogenated alkanes) is 6. The first-order chi connectivity index (χ1) is 13.4. The Labute approximate surface area is 167 Å². The van der Waals surface area contributed by atoms with Crippen LogP contribution in [0.5, 0.6) is 5.75 Å². The molecule has 0 saturated carbocycles. The Bertz CT molecular complexity index is 625. The molecule has 1 unspecified atom stereocenters. The van der Waals surface area contributed by atoms with Crippen molar-refractivity contribution in [3.05, 3.63) is 29.8 Å². The zero-order valence-electron chi connectivity index (χ0n) is 17.2. The number of ether oxygens (including phenoxy) is 3. The Balaban J connectivity index is 2.29. The van der Waals surface area contributed by atoms with Gasteiger partial charge in [0.25, 0.3) is 0 Å². The van der Waals surface area contributed by atoms with Crippen LogP contribution in [0.15, 0.2) is 24.3 Å². The van der Waals surface area contributed by atoms with E-state index in [1.165, 1.54) is 44.7 Å². The van der Waals surface area contributed by atoms with E-state index >= 15 is 0 Å². The van der Waals surface area contributed by atoms with E-state index < -0.39 is 18.0 Å². The second-order valence-corrected chi connectivity index (χ2v) is 6.86. The Kier molecular flexibility index (Phi) is 11.6. The molecule has 0 aromatic heterocycles. The molecule has 1 aromatic rings. The number of hydrogen-bond acceptors (Lipinski definition) is 6. The number of carbonyl (C=O) groups excluding carboxylic acids is 3. The van der Waals surface area contributed by atoms with Crippen LogP contribution in [0.2, 0.25) is 0 Å². The maximum Gasteiger partial charge on any atom is 0.342 e. The van der Waals surface area contributed by atoms with Gasteiger partial charge in [-0.1, -0.05) is 57.6 Å². The Morgan fingerprint density at radius 3 is 2.29 bits per heavy atom. The molecule has 0 fully saturated rings. The van der Waals surface area contributed by atoms with E-state index in [-0.39, 0.29) is 23.9 Å². The van der Waals surface area contributed by atoms with Crippen LogP contribution in [-0.4, -0.2) is 30.6 Å². The van der Waals surface area contributed by atoms with Crippen LogP contribution < -0.4 is 4.74 Å². The summed E-state index contributed by atoms with van der Waals surface area (Å²) in [6.07, 6.45) is 7.72. The lowest BCUT2D eigenvalue weighted by molar-refractivity contribution is -0.146. The van der Waals surface area contributed by atoms with Gasteiger partial charge >= 0.3 is 17.9 Å². The summed E-state index contributed by atoms with van der Waals surface area (Å²) < 4.78 is 15.5. The SMILES string of the molecule is CCCCCCCCCC(=O)OCC(C)OC(=O)c1ccccc1OC(C)=O. The van der Waals surface area contributed by atoms with E-state index in [9.17, 15) is 14.4 Å². The van der Waals surface area contributed by atoms with Crippen LogP contribution >= 0.6 is 0 Å². The predicted molar refractivity (Wildman–Crippen MR) is 106 cm³/mol. The molecular weight excluding hydrogens is 360 g/mol. The second-order valence-electron chi connectivity index (χ2n) is 6.86. The van der Waals surface area contributed by atoms with E-state index in [0.29, 0.717) is 6.42 Å². The minimum absolute atomic E-state index is 0.00317. The van der Waals surface area contributed by atoms with Gasteiger partial charge in [-0.3, -0.25) is 9.59 Å². The average Bonchev–Trinajstić information content (AvgIpc) is 2.65. The average molecular weight is 392 g/mol. The van der Waals surface area contributed by atoms with Gasteiger partial charge in [0.15, 0.2) is 0 Å². The molecule has 156 valence electrons. The molecule has 0 aliphatic carbocycles. The van der Waals surface area contributed by atoms with E-state index in [1.54, 1.807) is 19.1 Å². The molecule has 0 aliphatic rings. The third-order valence-corrected chi connectivity index (χ3v) is 4.13. The first-order valence-electron chi connectivity index (χ1n) is 10.1. The monoisotopic (exact) mass is 392 g/mol. The molecule has 0 heterocycles. The molecule has 1 atom stereocenters. The van der Waals surface area contributed by atoms with Crippen LogP contribution in [0.4, 0.5) is 0 Å². The number of esters is 3. The summed E-state index contributed by atoms with van der Waals surface area (Å²) in [6, 6.07) is 6.34. The first kappa shape index (κ1) is 23.7. The van der Waals surface area contributed by atoms with Gasteiger partial charge < -0.3 is 14.2 Å². The van der Waals surface area contributed by atoms with Crippen LogP contribution in [0.25, 0.3) is 0 Å². The van der Waals surface area contributed by atoms with Crippen molar-refractivity contribution in [2.45, 2.75) is 78.2 Å². The Hall–Kier alpha value is -2.37. The summed E-state index contributed by atoms with van der Waals surface area (Å²) in [5, 5.41) is 0. The smallest absolute Gasteiger partial charge is 0.342 e. The highest BCUT2D eigenvalue weighted by Gasteiger charge is 2.18. The molecule has 0 radical (unpaired) electrons. The standard InChI is InChI=1S/C22H32O6/c1-4-5-6-7-8-9-10-15-21(24)26-16-17(2)27-22(25)19-13-11-12-14-20(19)28-18(3)23/h11-14,17H,4-10,15-16H2,1-3H3. The highest BCUT2D eigenvalue weighted by Crippen LogP contribution is 2.20. The minimum atomic E-state index is -0.632. The number of para-hydroxylation sites is 1. The van der Waals surface area contributed by atoms with Gasteiger partial charge in [0, 0.05) is 13.3 Å². The highest BCUT2D eigenvalue weighted by molar-refractivity contribution is 5.93. The molecule has 6 nitrogen and oxygen atoms in total. The van der Waals surface area contributed by atoms with Gasteiger partial charge in [-0.25, -0.2) is 4.79 Å². The quantitative estimate of drug-likeness (QED) is 0.271. The number of hydrogen-bond donors (Lipinski definition) is 0. The second kappa shape index (κ2) is 13.7. The van der Waals surface area contributed by atoms with Crippen LogP contribution in [0.1, 0.15) is 82.5 Å². The molecule has 0 spiro atoms. The van der Waals surface area contributed by atoms with Crippen molar-refractivity contribution in [2.24, 2.45) is 0 Å². The number of benzene rings is 1. The number of carbonyl (C=O) groups is 3. The largest absolute Gasteiger partial charge is 0.462 e. The molecular formula is C22H32O6. The molecule has 0 amide bonds. The summed E-state index contributed by atoms with van der Waals surface area (Å²) in [7, 11) is 0. The fraction of sp³-hybridized carbons (Fsp3) is 0.591. The van der Waals surface area contributed by atoms with E-state index in [4.69, 9.17) is 14.2 Å². The Morgan fingerprint density at radius 1 is 0.964 bits per heavy atom. The van der Waals surface area contributed by atoms with Crippen LogP contribution in [0, 0.1) is 0 Å². The molecule has 1 rings (SSSR count). The van der Waals surface area contributed by atoms with Gasteiger partial charge in [0.05, 0.1) is 0 Å². The first-order valence-corrected chi connectivity index (χ1v) is 10.1. The van der Waals surface area contributed by atoms with Crippen LogP contribution in [-0.2, 0) is 19.1 Å². The zero-order chi connectivity index (χ0) is 20.8. The van der Waals surface area contributed by atoms with Gasteiger partial charge in [-0.2, -0.15) is 0 Å². The van der Waals surface area contributed by atoms with Crippen molar-refractivity contribution in [2.75, 3.05) is 6.61 Å². The summed E-state index contributed by atoms with van der Waals surface area (Å²) in [6.45, 7) is 5.09. The topological polar surface area (TPSA) is 78.9 Å². The van der Waals surface area contributed by atoms with Gasteiger partial charge in [-0.05, 0) is 25.5 Å². The summed E-state index contributed by atoms with van der Waals surface area (Å²) >= 11 is 0. The summed E-state index contributed by atoms with van der Waals surface area (Å²) in [5.74, 6) is -1.29. The zero-order valence-corrected chi connectivity index (χ0v) is 17.2. The normalized spacial score (nSPS) is 11.5. The highest BCUT2D eigenvalue weighted by atomic mass is 16.6. The van der Waals surface area contributed by atoms with Crippen molar-refractivity contribution in [1.29, 1.82) is 0 Å². The molecule has 0 N–H and O–H groups in total. The van der Waals surface area contributed by atoms with E-state index in [1.807, 2.05) is 0 Å². The van der Waals surface area contributed by atoms with Crippen molar-refractivity contribution in [3.8, 4) is 5.75 Å². The van der Waals surface area contributed by atoms with Gasteiger partial charge in [0.1, 0.15) is 24.0 Å². The van der Waals surface area contributed by atoms with Crippen molar-refractivity contribution < 1.29 is 28.6 Å².